The van der Waals surface area contributed by atoms with E-state index < -0.39 is 23.5 Å². The van der Waals surface area contributed by atoms with Crippen molar-refractivity contribution in [2.75, 3.05) is 19.8 Å². The van der Waals surface area contributed by atoms with Crippen LogP contribution in [-0.4, -0.2) is 25.9 Å². The van der Waals surface area contributed by atoms with Gasteiger partial charge in [-0.1, -0.05) is 56.9 Å². The van der Waals surface area contributed by atoms with Crippen molar-refractivity contribution in [2.45, 2.75) is 64.3 Å². The van der Waals surface area contributed by atoms with Crippen molar-refractivity contribution in [3.8, 4) is 6.07 Å². The summed E-state index contributed by atoms with van der Waals surface area (Å²) in [5, 5.41) is 9.98. The van der Waals surface area contributed by atoms with Crippen LogP contribution in [0.15, 0.2) is 42.5 Å². The van der Waals surface area contributed by atoms with Crippen molar-refractivity contribution in [3.63, 3.8) is 0 Å². The summed E-state index contributed by atoms with van der Waals surface area (Å²) in [4.78, 5) is 0. The van der Waals surface area contributed by atoms with Crippen LogP contribution in [0, 0.1) is 28.8 Å². The molecule has 0 amide bonds. The fourth-order valence-corrected chi connectivity index (χ4v) is 4.58. The second kappa shape index (κ2) is 13.0. The Balaban J connectivity index is 1.33. The number of unbranched alkanes of at least 4 members (excludes halogenated alkanes) is 4. The summed E-state index contributed by atoms with van der Waals surface area (Å²) in [5.74, 6) is -2.18. The summed E-state index contributed by atoms with van der Waals surface area (Å²) < 4.78 is 60.6. The lowest BCUT2D eigenvalue weighted by Crippen LogP contribution is -2.33. The van der Waals surface area contributed by atoms with Gasteiger partial charge in [0.2, 0.25) is 0 Å². The highest BCUT2D eigenvalue weighted by Gasteiger charge is 2.24. The van der Waals surface area contributed by atoms with E-state index in [-0.39, 0.29) is 24.8 Å². The summed E-state index contributed by atoms with van der Waals surface area (Å²) >= 11 is 0. The van der Waals surface area contributed by atoms with Gasteiger partial charge in [0, 0.05) is 17.6 Å². The maximum Gasteiger partial charge on any atom is 0.184 e. The summed E-state index contributed by atoms with van der Waals surface area (Å²) in [6.07, 6.45) is 5.83. The monoisotopic (exact) mass is 511 g/mol. The Hall–Kier alpha value is -2.92. The predicted molar refractivity (Wildman–Crippen MR) is 136 cm³/mol. The SMILES string of the molecule is CCCCCCCOC1COC(c2ccc3c(F)c(CCc4cc(F)c(C#N)c(F)c4)ccc3c2)OC1. The van der Waals surface area contributed by atoms with E-state index >= 15 is 4.39 Å². The summed E-state index contributed by atoms with van der Waals surface area (Å²) in [7, 11) is 0. The van der Waals surface area contributed by atoms with E-state index in [0.717, 1.165) is 24.1 Å². The molecule has 196 valence electrons. The lowest BCUT2D eigenvalue weighted by atomic mass is 9.98. The molecule has 0 atom stereocenters. The smallest absolute Gasteiger partial charge is 0.184 e. The number of halogens is 3. The highest BCUT2D eigenvalue weighted by molar-refractivity contribution is 5.84. The van der Waals surface area contributed by atoms with Gasteiger partial charge in [-0.25, -0.2) is 13.2 Å². The van der Waals surface area contributed by atoms with Crippen LogP contribution < -0.4 is 0 Å². The van der Waals surface area contributed by atoms with E-state index in [1.54, 1.807) is 18.2 Å². The zero-order valence-corrected chi connectivity index (χ0v) is 21.1. The third kappa shape index (κ3) is 6.89. The number of hydrogen-bond acceptors (Lipinski definition) is 4. The van der Waals surface area contributed by atoms with Gasteiger partial charge in [-0.3, -0.25) is 0 Å². The normalized spacial score (nSPS) is 17.7. The second-order valence-electron chi connectivity index (χ2n) is 9.47. The first-order chi connectivity index (χ1) is 18.0. The molecule has 0 radical (unpaired) electrons. The zero-order chi connectivity index (χ0) is 26.2. The average Bonchev–Trinajstić information content (AvgIpc) is 2.90. The molecule has 1 saturated heterocycles. The number of nitrogens with zero attached hydrogens (tertiary/aromatic N) is 1. The van der Waals surface area contributed by atoms with Crippen LogP contribution in [0.25, 0.3) is 10.8 Å². The summed E-state index contributed by atoms with van der Waals surface area (Å²) in [5.41, 5.74) is 1.02. The number of nitriles is 1. The Morgan fingerprint density at radius 2 is 1.65 bits per heavy atom. The highest BCUT2D eigenvalue weighted by atomic mass is 19.1. The van der Waals surface area contributed by atoms with Crippen molar-refractivity contribution in [1.82, 2.24) is 0 Å². The summed E-state index contributed by atoms with van der Waals surface area (Å²) in [6, 6.07) is 12.6. The average molecular weight is 512 g/mol. The predicted octanol–water partition coefficient (Wildman–Crippen LogP) is 7.31. The molecule has 0 unspecified atom stereocenters. The summed E-state index contributed by atoms with van der Waals surface area (Å²) in [6.45, 7) is 3.80. The van der Waals surface area contributed by atoms with Gasteiger partial charge < -0.3 is 14.2 Å². The number of fused-ring (bicyclic) bond motifs is 1. The third-order valence-corrected chi connectivity index (χ3v) is 6.70. The van der Waals surface area contributed by atoms with Crippen LogP contribution in [0.2, 0.25) is 0 Å². The molecule has 1 heterocycles. The Labute approximate surface area is 216 Å². The molecule has 3 aromatic rings. The Morgan fingerprint density at radius 3 is 2.35 bits per heavy atom. The minimum atomic E-state index is -0.906. The fraction of sp³-hybridized carbons (Fsp3) is 0.433. The molecule has 1 fully saturated rings. The molecule has 0 bridgehead atoms. The number of benzene rings is 3. The van der Waals surface area contributed by atoms with E-state index in [2.05, 4.69) is 6.92 Å². The molecule has 0 aliphatic carbocycles. The molecule has 4 rings (SSSR count). The van der Waals surface area contributed by atoms with Crippen LogP contribution in [0.3, 0.4) is 0 Å². The topological polar surface area (TPSA) is 51.5 Å². The van der Waals surface area contributed by atoms with Crippen molar-refractivity contribution < 1.29 is 27.4 Å². The van der Waals surface area contributed by atoms with Crippen molar-refractivity contribution in [2.24, 2.45) is 0 Å². The molecule has 4 nitrogen and oxygen atoms in total. The number of rotatable bonds is 11. The van der Waals surface area contributed by atoms with Gasteiger partial charge in [0.25, 0.3) is 0 Å². The molecule has 7 heteroatoms. The molecule has 3 aromatic carbocycles. The quantitative estimate of drug-likeness (QED) is 0.253. The van der Waals surface area contributed by atoms with Crippen LogP contribution in [-0.2, 0) is 27.1 Å². The molecule has 0 N–H and O–H groups in total. The maximum absolute atomic E-state index is 15.2. The fourth-order valence-electron chi connectivity index (χ4n) is 4.58. The lowest BCUT2D eigenvalue weighted by molar-refractivity contribution is -0.230. The molecule has 37 heavy (non-hydrogen) atoms. The number of ether oxygens (including phenoxy) is 3. The Kier molecular flexibility index (Phi) is 9.56. The molecule has 1 aliphatic heterocycles. The lowest BCUT2D eigenvalue weighted by Gasteiger charge is -2.29. The van der Waals surface area contributed by atoms with Gasteiger partial charge in [0.1, 0.15) is 35.2 Å². The van der Waals surface area contributed by atoms with Gasteiger partial charge in [0.05, 0.1) is 13.2 Å². The molecular weight excluding hydrogens is 479 g/mol. The van der Waals surface area contributed by atoms with Gasteiger partial charge in [-0.05, 0) is 54.0 Å². The number of hydrogen-bond donors (Lipinski definition) is 0. The molecular formula is C30H32F3NO3. The van der Waals surface area contributed by atoms with Crippen molar-refractivity contribution in [1.29, 1.82) is 5.26 Å². The van der Waals surface area contributed by atoms with Gasteiger partial charge in [-0.2, -0.15) is 5.26 Å². The molecule has 0 aromatic heterocycles. The van der Waals surface area contributed by atoms with Crippen LogP contribution in [0.5, 0.6) is 0 Å². The first-order valence-corrected chi connectivity index (χ1v) is 12.9. The molecule has 1 aliphatic rings. The van der Waals surface area contributed by atoms with E-state index in [1.165, 1.54) is 31.8 Å². The van der Waals surface area contributed by atoms with Gasteiger partial charge in [-0.15, -0.1) is 0 Å². The van der Waals surface area contributed by atoms with Crippen molar-refractivity contribution >= 4 is 10.8 Å². The molecule has 0 spiro atoms. The largest absolute Gasteiger partial charge is 0.373 e. The van der Waals surface area contributed by atoms with Crippen molar-refractivity contribution in [3.05, 3.63) is 82.2 Å². The first kappa shape index (κ1) is 27.1. The van der Waals surface area contributed by atoms with Gasteiger partial charge >= 0.3 is 0 Å². The molecule has 0 saturated carbocycles. The minimum absolute atomic E-state index is 0.0825. The van der Waals surface area contributed by atoms with Crippen LogP contribution in [0.1, 0.15) is 67.6 Å². The van der Waals surface area contributed by atoms with E-state index in [1.807, 2.05) is 12.1 Å². The number of aryl methyl sites for hydroxylation is 2. The second-order valence-corrected chi connectivity index (χ2v) is 9.47. The zero-order valence-electron chi connectivity index (χ0n) is 21.1. The van der Waals surface area contributed by atoms with E-state index in [9.17, 15) is 8.78 Å². The maximum atomic E-state index is 15.2. The standard InChI is InChI=1S/C30H32F3NO3/c1-2-3-4-5-6-13-35-24-18-36-30(37-19-24)23-11-12-25-22(16-23)10-9-21(29(25)33)8-7-20-14-27(31)26(17-34)28(32)15-20/h9-12,14-16,24,30H,2-8,13,18-19H2,1H3. The Bertz CT molecular complexity index is 1230. The highest BCUT2D eigenvalue weighted by Crippen LogP contribution is 2.29. The van der Waals surface area contributed by atoms with Gasteiger partial charge in [0.15, 0.2) is 6.29 Å². The first-order valence-electron chi connectivity index (χ1n) is 12.9. The van der Waals surface area contributed by atoms with E-state index in [4.69, 9.17) is 19.5 Å². The van der Waals surface area contributed by atoms with Crippen LogP contribution >= 0.6 is 0 Å². The Morgan fingerprint density at radius 1 is 0.919 bits per heavy atom. The van der Waals surface area contributed by atoms with Crippen LogP contribution in [0.4, 0.5) is 13.2 Å². The third-order valence-electron chi connectivity index (χ3n) is 6.70. The minimum Gasteiger partial charge on any atom is -0.373 e. The van der Waals surface area contributed by atoms with E-state index in [0.29, 0.717) is 41.7 Å².